The molecular formula is C25H21FN2O3. The fraction of sp³-hybridized carbons (Fsp3) is 0.120. The first-order chi connectivity index (χ1) is 15.0. The minimum Gasteiger partial charge on any atom is -0.488 e. The Morgan fingerprint density at radius 2 is 1.74 bits per heavy atom. The summed E-state index contributed by atoms with van der Waals surface area (Å²) in [5.41, 5.74) is 7.62. The minimum atomic E-state index is -0.578. The van der Waals surface area contributed by atoms with Crippen LogP contribution < -0.4 is 10.5 Å². The Morgan fingerprint density at radius 1 is 1.00 bits per heavy atom. The number of nitrogens with two attached hydrogens (primary N) is 1. The maximum Gasteiger partial charge on any atom is 0.254 e. The van der Waals surface area contributed by atoms with Crippen LogP contribution in [0.4, 0.5) is 4.39 Å². The largest absolute Gasteiger partial charge is 0.488 e. The van der Waals surface area contributed by atoms with Gasteiger partial charge in [-0.3, -0.25) is 9.59 Å². The molecule has 156 valence electrons. The summed E-state index contributed by atoms with van der Waals surface area (Å²) in [6.45, 7) is 0.525. The molecule has 0 aliphatic heterocycles. The van der Waals surface area contributed by atoms with Gasteiger partial charge in [0.15, 0.2) is 0 Å². The number of amides is 2. The van der Waals surface area contributed by atoms with Crippen molar-refractivity contribution in [1.82, 2.24) is 4.90 Å². The number of para-hydroxylation sites is 1. The van der Waals surface area contributed by atoms with Gasteiger partial charge in [0.1, 0.15) is 18.2 Å². The first-order valence-electron chi connectivity index (χ1n) is 9.55. The van der Waals surface area contributed by atoms with Crippen molar-refractivity contribution in [2.45, 2.75) is 13.2 Å². The first-order valence-corrected chi connectivity index (χ1v) is 9.55. The van der Waals surface area contributed by atoms with E-state index in [0.717, 1.165) is 11.1 Å². The van der Waals surface area contributed by atoms with Gasteiger partial charge in [-0.05, 0) is 47.5 Å². The number of carbonyl (C=O) groups is 2. The van der Waals surface area contributed by atoms with Crippen LogP contribution in [0.5, 0.6) is 5.75 Å². The first kappa shape index (κ1) is 21.6. The molecule has 0 bridgehead atoms. The second kappa shape index (κ2) is 10.1. The Hall–Kier alpha value is -4.11. The molecule has 2 amide bonds. The van der Waals surface area contributed by atoms with Crippen LogP contribution >= 0.6 is 0 Å². The number of primary amides is 1. The van der Waals surface area contributed by atoms with Crippen LogP contribution in [0, 0.1) is 18.2 Å². The number of hydrogen-bond acceptors (Lipinski definition) is 3. The highest BCUT2D eigenvalue weighted by Gasteiger charge is 2.16. The highest BCUT2D eigenvalue weighted by molar-refractivity contribution is 5.95. The second-order valence-corrected chi connectivity index (χ2v) is 6.84. The molecule has 0 atom stereocenters. The van der Waals surface area contributed by atoms with Gasteiger partial charge in [-0.1, -0.05) is 42.3 Å². The third kappa shape index (κ3) is 5.71. The van der Waals surface area contributed by atoms with E-state index in [9.17, 15) is 14.0 Å². The summed E-state index contributed by atoms with van der Waals surface area (Å²) in [4.78, 5) is 26.1. The van der Waals surface area contributed by atoms with Crippen LogP contribution in [-0.4, -0.2) is 23.3 Å². The SMILES string of the molecule is C#CCN(Cc1ccc(F)cc1)C(=O)c1cccc(COc2ccccc2C(N)=O)c1. The van der Waals surface area contributed by atoms with E-state index in [4.69, 9.17) is 16.9 Å². The molecule has 0 fully saturated rings. The van der Waals surface area contributed by atoms with E-state index >= 15 is 0 Å². The Kier molecular flexibility index (Phi) is 7.02. The smallest absolute Gasteiger partial charge is 0.254 e. The van der Waals surface area contributed by atoms with Gasteiger partial charge in [0.2, 0.25) is 0 Å². The zero-order chi connectivity index (χ0) is 22.2. The van der Waals surface area contributed by atoms with E-state index in [1.165, 1.54) is 17.0 Å². The average Bonchev–Trinajstić information content (AvgIpc) is 2.78. The fourth-order valence-corrected chi connectivity index (χ4v) is 3.05. The number of carbonyl (C=O) groups excluding carboxylic acids is 2. The molecule has 0 spiro atoms. The molecule has 3 aromatic rings. The molecule has 3 rings (SSSR count). The summed E-state index contributed by atoms with van der Waals surface area (Å²) >= 11 is 0. The molecule has 0 saturated carbocycles. The van der Waals surface area contributed by atoms with Crippen molar-refractivity contribution in [2.75, 3.05) is 6.54 Å². The standard InChI is InChI=1S/C25H21FN2O3/c1-2-14-28(16-18-10-12-21(26)13-11-18)25(30)20-7-5-6-19(15-20)17-31-23-9-4-3-8-22(23)24(27)29/h1,3-13,15H,14,16-17H2,(H2,27,29). The van der Waals surface area contributed by atoms with Crippen LogP contribution in [0.25, 0.3) is 0 Å². The Bertz CT molecular complexity index is 1120. The van der Waals surface area contributed by atoms with Crippen molar-refractivity contribution in [3.63, 3.8) is 0 Å². The van der Waals surface area contributed by atoms with E-state index in [1.54, 1.807) is 54.6 Å². The lowest BCUT2D eigenvalue weighted by molar-refractivity contribution is 0.0765. The summed E-state index contributed by atoms with van der Waals surface area (Å²) < 4.78 is 18.9. The second-order valence-electron chi connectivity index (χ2n) is 6.84. The van der Waals surface area contributed by atoms with Gasteiger partial charge in [-0.25, -0.2) is 4.39 Å². The molecule has 0 heterocycles. The number of halogens is 1. The minimum absolute atomic E-state index is 0.114. The van der Waals surface area contributed by atoms with E-state index in [0.29, 0.717) is 11.3 Å². The molecule has 0 radical (unpaired) electrons. The number of hydrogen-bond donors (Lipinski definition) is 1. The van der Waals surface area contributed by atoms with Crippen LogP contribution in [0.2, 0.25) is 0 Å². The number of benzene rings is 3. The lowest BCUT2D eigenvalue weighted by Gasteiger charge is -2.21. The molecule has 2 N–H and O–H groups in total. The fourth-order valence-electron chi connectivity index (χ4n) is 3.05. The topological polar surface area (TPSA) is 72.6 Å². The van der Waals surface area contributed by atoms with Crippen molar-refractivity contribution < 1.29 is 18.7 Å². The molecule has 0 unspecified atom stereocenters. The summed E-state index contributed by atoms with van der Waals surface area (Å²) in [6.07, 6.45) is 5.44. The van der Waals surface area contributed by atoms with E-state index in [2.05, 4.69) is 5.92 Å². The quantitative estimate of drug-likeness (QED) is 0.568. The third-order valence-electron chi connectivity index (χ3n) is 4.58. The Labute approximate surface area is 180 Å². The van der Waals surface area contributed by atoms with Gasteiger partial charge in [0.25, 0.3) is 11.8 Å². The van der Waals surface area contributed by atoms with Crippen molar-refractivity contribution in [3.05, 3.63) is 101 Å². The third-order valence-corrected chi connectivity index (χ3v) is 4.58. The molecule has 6 heteroatoms. The number of nitrogens with zero attached hydrogens (tertiary/aromatic N) is 1. The van der Waals surface area contributed by atoms with Crippen molar-refractivity contribution in [2.24, 2.45) is 5.73 Å². The van der Waals surface area contributed by atoms with E-state index < -0.39 is 5.91 Å². The van der Waals surface area contributed by atoms with E-state index in [1.807, 2.05) is 6.07 Å². The summed E-state index contributed by atoms with van der Waals surface area (Å²) in [5, 5.41) is 0. The molecule has 0 saturated heterocycles. The predicted molar refractivity (Wildman–Crippen MR) is 116 cm³/mol. The summed E-state index contributed by atoms with van der Waals surface area (Å²) in [7, 11) is 0. The Morgan fingerprint density at radius 3 is 2.45 bits per heavy atom. The molecule has 3 aromatic carbocycles. The number of rotatable bonds is 8. The zero-order valence-electron chi connectivity index (χ0n) is 16.8. The van der Waals surface area contributed by atoms with Crippen molar-refractivity contribution in [1.29, 1.82) is 0 Å². The normalized spacial score (nSPS) is 10.2. The summed E-state index contributed by atoms with van der Waals surface area (Å²) in [6, 6.07) is 19.6. The van der Waals surface area contributed by atoms with Gasteiger partial charge in [0.05, 0.1) is 12.1 Å². The highest BCUT2D eigenvalue weighted by Crippen LogP contribution is 2.19. The molecule has 0 aliphatic rings. The monoisotopic (exact) mass is 416 g/mol. The van der Waals surface area contributed by atoms with Crippen LogP contribution in [0.3, 0.4) is 0 Å². The maximum absolute atomic E-state index is 13.2. The number of terminal acetylenes is 1. The van der Waals surface area contributed by atoms with Crippen molar-refractivity contribution in [3.8, 4) is 18.1 Å². The van der Waals surface area contributed by atoms with Crippen molar-refractivity contribution >= 4 is 11.8 Å². The molecular weight excluding hydrogens is 395 g/mol. The number of ether oxygens (including phenoxy) is 1. The highest BCUT2D eigenvalue weighted by atomic mass is 19.1. The Balaban J connectivity index is 1.74. The predicted octanol–water partition coefficient (Wildman–Crippen LogP) is 3.78. The van der Waals surface area contributed by atoms with Gasteiger partial charge >= 0.3 is 0 Å². The average molecular weight is 416 g/mol. The molecule has 0 aromatic heterocycles. The van der Waals surface area contributed by atoms with Crippen LogP contribution in [-0.2, 0) is 13.2 Å². The van der Waals surface area contributed by atoms with Crippen LogP contribution in [0.1, 0.15) is 31.8 Å². The van der Waals surface area contributed by atoms with Gasteiger partial charge in [-0.2, -0.15) is 0 Å². The lowest BCUT2D eigenvalue weighted by atomic mass is 10.1. The molecule has 0 aliphatic carbocycles. The molecule has 31 heavy (non-hydrogen) atoms. The molecule has 5 nitrogen and oxygen atoms in total. The summed E-state index contributed by atoms with van der Waals surface area (Å²) in [5.74, 6) is 1.69. The zero-order valence-corrected chi connectivity index (χ0v) is 16.8. The lowest BCUT2D eigenvalue weighted by Crippen LogP contribution is -2.31. The van der Waals surface area contributed by atoms with E-state index in [-0.39, 0.29) is 37.0 Å². The van der Waals surface area contributed by atoms with Gasteiger partial charge in [-0.15, -0.1) is 6.42 Å². The maximum atomic E-state index is 13.2. The van der Waals surface area contributed by atoms with Gasteiger partial charge in [0, 0.05) is 12.1 Å². The van der Waals surface area contributed by atoms with Gasteiger partial charge < -0.3 is 15.4 Å². The van der Waals surface area contributed by atoms with Crippen LogP contribution in [0.15, 0.2) is 72.8 Å².